The van der Waals surface area contributed by atoms with Gasteiger partial charge in [0.1, 0.15) is 0 Å². The summed E-state index contributed by atoms with van der Waals surface area (Å²) >= 11 is 0. The largest absolute Gasteiger partial charge is 0.481 e. The van der Waals surface area contributed by atoms with Crippen molar-refractivity contribution in [2.75, 3.05) is 19.8 Å². The van der Waals surface area contributed by atoms with Crippen LogP contribution in [0.3, 0.4) is 0 Å². The number of ether oxygens (including phenoxy) is 3. The average Bonchev–Trinajstić information content (AvgIpc) is 2.81. The molecule has 6 nitrogen and oxygen atoms in total. The molecule has 1 N–H and O–H groups in total. The fourth-order valence-electron chi connectivity index (χ4n) is 4.55. The van der Waals surface area contributed by atoms with Crippen LogP contribution in [0.1, 0.15) is 59.3 Å². The van der Waals surface area contributed by atoms with Gasteiger partial charge in [-0.1, -0.05) is 20.8 Å². The van der Waals surface area contributed by atoms with Crippen LogP contribution in [0.5, 0.6) is 0 Å². The van der Waals surface area contributed by atoms with E-state index in [4.69, 9.17) is 18.6 Å². The van der Waals surface area contributed by atoms with E-state index in [-0.39, 0.29) is 35.4 Å². The Bertz CT molecular complexity index is 554. The van der Waals surface area contributed by atoms with Gasteiger partial charge >= 0.3 is 5.97 Å². The Hall–Kier alpha value is -0.473. The predicted molar refractivity (Wildman–Crippen MR) is 113 cm³/mol. The summed E-state index contributed by atoms with van der Waals surface area (Å²) in [5.74, 6) is -0.629. The van der Waals surface area contributed by atoms with Gasteiger partial charge < -0.3 is 23.7 Å². The first-order valence-corrected chi connectivity index (χ1v) is 14.2. The molecule has 0 amide bonds. The van der Waals surface area contributed by atoms with Crippen LogP contribution < -0.4 is 0 Å². The molecule has 0 aromatic rings. The number of carboxylic acid groups (broad SMARTS) is 1. The lowest BCUT2D eigenvalue weighted by molar-refractivity contribution is -0.198. The summed E-state index contributed by atoms with van der Waals surface area (Å²) in [5, 5.41) is 9.57. The molecule has 1 saturated carbocycles. The molecule has 2 heterocycles. The molecule has 0 aromatic carbocycles. The second-order valence-corrected chi connectivity index (χ2v) is 15.4. The third kappa shape index (κ3) is 5.61. The third-order valence-corrected chi connectivity index (χ3v) is 12.1. The van der Waals surface area contributed by atoms with Gasteiger partial charge in [-0.15, -0.1) is 0 Å². The minimum atomic E-state index is -1.88. The topological polar surface area (TPSA) is 74.2 Å². The molecular weight excluding hydrogens is 388 g/mol. The second-order valence-electron chi connectivity index (χ2n) is 10.6. The van der Waals surface area contributed by atoms with E-state index < -0.39 is 20.2 Å². The minimum absolute atomic E-state index is 0.0549. The van der Waals surface area contributed by atoms with E-state index in [1.54, 1.807) is 0 Å². The summed E-state index contributed by atoms with van der Waals surface area (Å²) in [6.07, 6.45) is 5.52. The van der Waals surface area contributed by atoms with Gasteiger partial charge in [-0.2, -0.15) is 0 Å². The highest BCUT2D eigenvalue weighted by Gasteiger charge is 2.48. The van der Waals surface area contributed by atoms with Crippen molar-refractivity contribution in [3.8, 4) is 0 Å². The summed E-state index contributed by atoms with van der Waals surface area (Å²) in [4.78, 5) is 11.5. The zero-order valence-corrected chi connectivity index (χ0v) is 19.8. The highest BCUT2D eigenvalue weighted by atomic mass is 28.4. The molecule has 6 atom stereocenters. The van der Waals surface area contributed by atoms with E-state index in [9.17, 15) is 9.90 Å². The van der Waals surface area contributed by atoms with E-state index in [1.165, 1.54) is 0 Å². The Labute approximate surface area is 176 Å². The first kappa shape index (κ1) is 23.2. The monoisotopic (exact) mass is 428 g/mol. The normalized spacial score (nSPS) is 36.4. The van der Waals surface area contributed by atoms with Crippen LogP contribution >= 0.6 is 0 Å². The van der Waals surface area contributed by atoms with Crippen molar-refractivity contribution in [2.45, 2.75) is 95.9 Å². The van der Waals surface area contributed by atoms with Crippen molar-refractivity contribution >= 4 is 14.3 Å². The standard InChI is InChI=1S/C22H40O6Si/c1-22(2,3)29(4,5)27-14-17-16-10-9-15(21(23)24)13-26-18(16)12-19(17)28-20-8-6-7-11-25-20/h15-20H,6-14H2,1-5H3,(H,23,24)/t15-,16-,17-,18+,19-,20?/m1/s1. The summed E-state index contributed by atoms with van der Waals surface area (Å²) in [7, 11) is -1.88. The third-order valence-electron chi connectivity index (χ3n) is 7.59. The van der Waals surface area contributed by atoms with Gasteiger partial charge in [0.15, 0.2) is 14.6 Å². The summed E-state index contributed by atoms with van der Waals surface area (Å²) in [6.45, 7) is 13.1. The smallest absolute Gasteiger partial charge is 0.308 e. The van der Waals surface area contributed by atoms with Gasteiger partial charge in [0.05, 0.1) is 24.7 Å². The molecule has 1 aliphatic carbocycles. The molecular formula is C22H40O6Si. The van der Waals surface area contributed by atoms with Gasteiger partial charge in [0, 0.05) is 25.6 Å². The van der Waals surface area contributed by atoms with Crippen LogP contribution in [0, 0.1) is 17.8 Å². The van der Waals surface area contributed by atoms with Crippen molar-refractivity contribution in [1.82, 2.24) is 0 Å². The van der Waals surface area contributed by atoms with Gasteiger partial charge in [-0.3, -0.25) is 4.79 Å². The first-order chi connectivity index (χ1) is 13.6. The fourth-order valence-corrected chi connectivity index (χ4v) is 5.60. The average molecular weight is 429 g/mol. The molecule has 2 saturated heterocycles. The van der Waals surface area contributed by atoms with Gasteiger partial charge in [-0.05, 0) is 56.2 Å². The van der Waals surface area contributed by atoms with Crippen LogP contribution in [-0.4, -0.2) is 57.7 Å². The lowest BCUT2D eigenvalue weighted by Gasteiger charge is -2.38. The maximum atomic E-state index is 11.5. The van der Waals surface area contributed by atoms with E-state index >= 15 is 0 Å². The van der Waals surface area contributed by atoms with Gasteiger partial charge in [0.25, 0.3) is 0 Å². The Morgan fingerprint density at radius 2 is 1.90 bits per heavy atom. The minimum Gasteiger partial charge on any atom is -0.481 e. The Kier molecular flexibility index (Phi) is 7.47. The van der Waals surface area contributed by atoms with Crippen LogP contribution in [0.4, 0.5) is 0 Å². The van der Waals surface area contributed by atoms with E-state index in [0.29, 0.717) is 19.6 Å². The molecule has 168 valence electrons. The molecule has 0 spiro atoms. The van der Waals surface area contributed by atoms with Crippen molar-refractivity contribution in [3.63, 3.8) is 0 Å². The lowest BCUT2D eigenvalue weighted by atomic mass is 9.88. The molecule has 3 fully saturated rings. The van der Waals surface area contributed by atoms with Crippen LogP contribution in [0.25, 0.3) is 0 Å². The molecule has 29 heavy (non-hydrogen) atoms. The molecule has 1 unspecified atom stereocenters. The number of hydrogen-bond donors (Lipinski definition) is 1. The number of hydrogen-bond acceptors (Lipinski definition) is 5. The Morgan fingerprint density at radius 3 is 2.52 bits per heavy atom. The SMILES string of the molecule is CC(C)(C)[Si](C)(C)OC[C@@H]1[C@H]2CC[C@@H](C(=O)O)CO[C@H]2C[C@H]1OC1CCCCO1. The molecule has 3 aliphatic rings. The molecule has 0 aromatic heterocycles. The zero-order valence-electron chi connectivity index (χ0n) is 18.8. The van der Waals surface area contributed by atoms with Gasteiger partial charge in [0.2, 0.25) is 0 Å². The van der Waals surface area contributed by atoms with Crippen LogP contribution in [0.15, 0.2) is 0 Å². The number of fused-ring (bicyclic) bond motifs is 1. The maximum Gasteiger partial charge on any atom is 0.308 e. The summed E-state index contributed by atoms with van der Waals surface area (Å²) < 4.78 is 25.0. The molecule has 7 heteroatoms. The number of carboxylic acids is 1. The number of carbonyl (C=O) groups is 1. The zero-order chi connectivity index (χ0) is 21.2. The quantitative estimate of drug-likeness (QED) is 0.631. The van der Waals surface area contributed by atoms with Crippen LogP contribution in [-0.2, 0) is 23.4 Å². The van der Waals surface area contributed by atoms with Crippen molar-refractivity contribution in [3.05, 3.63) is 0 Å². The Balaban J connectivity index is 1.71. The van der Waals surface area contributed by atoms with Crippen molar-refractivity contribution < 1.29 is 28.5 Å². The second kappa shape index (κ2) is 9.35. The fraction of sp³-hybridized carbons (Fsp3) is 0.955. The highest BCUT2D eigenvalue weighted by molar-refractivity contribution is 6.74. The summed E-state index contributed by atoms with van der Waals surface area (Å²) in [5.41, 5.74) is 0. The molecule has 3 rings (SSSR count). The van der Waals surface area contributed by atoms with E-state index in [2.05, 4.69) is 33.9 Å². The molecule has 0 bridgehead atoms. The summed E-state index contributed by atoms with van der Waals surface area (Å²) in [6, 6.07) is 0. The first-order valence-electron chi connectivity index (χ1n) is 11.3. The number of rotatable bonds is 6. The lowest BCUT2D eigenvalue weighted by Crippen LogP contribution is -2.44. The van der Waals surface area contributed by atoms with Crippen molar-refractivity contribution in [1.29, 1.82) is 0 Å². The predicted octanol–water partition coefficient (Wildman–Crippen LogP) is 4.44. The maximum absolute atomic E-state index is 11.5. The van der Waals surface area contributed by atoms with Crippen LogP contribution in [0.2, 0.25) is 18.1 Å². The Morgan fingerprint density at radius 1 is 1.14 bits per heavy atom. The molecule has 0 radical (unpaired) electrons. The molecule has 2 aliphatic heterocycles. The van der Waals surface area contributed by atoms with Crippen molar-refractivity contribution in [2.24, 2.45) is 17.8 Å². The van der Waals surface area contributed by atoms with Gasteiger partial charge in [-0.25, -0.2) is 0 Å². The number of aliphatic carboxylic acids is 1. The van der Waals surface area contributed by atoms with E-state index in [0.717, 1.165) is 38.7 Å². The van der Waals surface area contributed by atoms with E-state index in [1.807, 2.05) is 0 Å². The highest BCUT2D eigenvalue weighted by Crippen LogP contribution is 2.44.